The summed E-state index contributed by atoms with van der Waals surface area (Å²) in [5, 5.41) is 2.71. The van der Waals surface area contributed by atoms with E-state index in [1.807, 2.05) is 18.2 Å². The number of nitrogens with zero attached hydrogens (tertiary/aromatic N) is 1. The molecule has 3 aromatic carbocycles. The first-order valence-electron chi connectivity index (χ1n) is 9.29. The number of hydrogen-bond donors (Lipinski definition) is 1. The highest BCUT2D eigenvalue weighted by Crippen LogP contribution is 2.29. The molecular formula is C23H18N2O5. The molecular weight excluding hydrogens is 384 g/mol. The molecule has 1 aliphatic rings. The lowest BCUT2D eigenvalue weighted by atomic mass is 10.2. The summed E-state index contributed by atoms with van der Waals surface area (Å²) in [5.74, 6) is -0.332. The van der Waals surface area contributed by atoms with E-state index in [1.165, 1.54) is 4.90 Å². The molecule has 0 aliphatic carbocycles. The van der Waals surface area contributed by atoms with Crippen LogP contribution < -0.4 is 15.0 Å². The molecule has 7 nitrogen and oxygen atoms in total. The molecule has 1 aliphatic heterocycles. The van der Waals surface area contributed by atoms with Crippen LogP contribution in [0.5, 0.6) is 11.5 Å². The van der Waals surface area contributed by atoms with Crippen molar-refractivity contribution in [2.75, 3.05) is 23.4 Å². The van der Waals surface area contributed by atoms with Gasteiger partial charge in [0.15, 0.2) is 6.61 Å². The lowest BCUT2D eigenvalue weighted by molar-refractivity contribution is -0.124. The molecule has 2 amide bonds. The number of carbonyl (C=O) groups is 3. The minimum Gasteiger partial charge on any atom is -0.457 e. The summed E-state index contributed by atoms with van der Waals surface area (Å²) >= 11 is 0. The van der Waals surface area contributed by atoms with Crippen molar-refractivity contribution < 1.29 is 23.9 Å². The number of amides is 2. The Bertz CT molecular complexity index is 1100. The maximum absolute atomic E-state index is 12.6. The highest BCUT2D eigenvalue weighted by molar-refractivity contribution is 6.10. The lowest BCUT2D eigenvalue weighted by Gasteiger charge is -2.28. The largest absolute Gasteiger partial charge is 0.457 e. The van der Waals surface area contributed by atoms with Crippen LogP contribution in [0, 0.1) is 0 Å². The van der Waals surface area contributed by atoms with E-state index < -0.39 is 18.5 Å². The van der Waals surface area contributed by atoms with Gasteiger partial charge in [0.25, 0.3) is 5.91 Å². The van der Waals surface area contributed by atoms with E-state index in [4.69, 9.17) is 9.47 Å². The summed E-state index contributed by atoms with van der Waals surface area (Å²) in [6, 6.07) is 22.6. The van der Waals surface area contributed by atoms with Crippen LogP contribution in [0.4, 0.5) is 11.4 Å². The Hall–Kier alpha value is -4.13. The number of para-hydroxylation sites is 3. The van der Waals surface area contributed by atoms with Gasteiger partial charge in [-0.3, -0.25) is 14.5 Å². The predicted octanol–water partition coefficient (Wildman–Crippen LogP) is 3.62. The minimum atomic E-state index is -0.656. The zero-order valence-electron chi connectivity index (χ0n) is 15.9. The van der Waals surface area contributed by atoms with Crippen molar-refractivity contribution in [2.45, 2.75) is 0 Å². The van der Waals surface area contributed by atoms with Gasteiger partial charge in [0.1, 0.15) is 18.0 Å². The number of benzene rings is 3. The molecule has 0 atom stereocenters. The maximum atomic E-state index is 12.6. The van der Waals surface area contributed by atoms with Crippen molar-refractivity contribution in [1.82, 2.24) is 0 Å². The van der Waals surface area contributed by atoms with E-state index in [2.05, 4.69) is 5.32 Å². The third-order valence-corrected chi connectivity index (χ3v) is 4.45. The minimum absolute atomic E-state index is 0.131. The summed E-state index contributed by atoms with van der Waals surface area (Å²) in [7, 11) is 0. The first kappa shape index (κ1) is 19.2. The number of anilines is 2. The van der Waals surface area contributed by atoms with E-state index in [0.29, 0.717) is 22.9 Å². The molecule has 0 saturated heterocycles. The average Bonchev–Trinajstić information content (AvgIpc) is 2.77. The third-order valence-electron chi connectivity index (χ3n) is 4.45. The van der Waals surface area contributed by atoms with Gasteiger partial charge in [-0.05, 0) is 42.5 Å². The maximum Gasteiger partial charge on any atom is 0.338 e. The molecule has 1 N–H and O–H groups in total. The number of ether oxygens (including phenoxy) is 2. The SMILES string of the molecule is O=C1CN(C(=O)COC(=O)c2cccc(Oc3ccccc3)c2)c2ccccc2N1. The van der Waals surface area contributed by atoms with Crippen molar-refractivity contribution in [3.63, 3.8) is 0 Å². The Labute approximate surface area is 172 Å². The van der Waals surface area contributed by atoms with E-state index in [1.54, 1.807) is 60.7 Å². The molecule has 0 aromatic heterocycles. The zero-order chi connectivity index (χ0) is 20.9. The zero-order valence-corrected chi connectivity index (χ0v) is 15.9. The van der Waals surface area contributed by atoms with Crippen molar-refractivity contribution in [3.8, 4) is 11.5 Å². The Morgan fingerprint density at radius 3 is 2.47 bits per heavy atom. The summed E-state index contributed by atoms with van der Waals surface area (Å²) in [5.41, 5.74) is 1.36. The topological polar surface area (TPSA) is 84.9 Å². The summed E-state index contributed by atoms with van der Waals surface area (Å²) < 4.78 is 10.9. The normalized spacial score (nSPS) is 12.5. The number of esters is 1. The van der Waals surface area contributed by atoms with Crippen LogP contribution in [-0.4, -0.2) is 30.9 Å². The molecule has 30 heavy (non-hydrogen) atoms. The van der Waals surface area contributed by atoms with Gasteiger partial charge in [-0.2, -0.15) is 0 Å². The van der Waals surface area contributed by atoms with Gasteiger partial charge in [0.2, 0.25) is 5.91 Å². The molecule has 0 saturated carbocycles. The molecule has 0 radical (unpaired) electrons. The van der Waals surface area contributed by atoms with Crippen molar-refractivity contribution >= 4 is 29.2 Å². The number of carbonyl (C=O) groups excluding carboxylic acids is 3. The van der Waals surface area contributed by atoms with Gasteiger partial charge in [-0.15, -0.1) is 0 Å². The van der Waals surface area contributed by atoms with Crippen molar-refractivity contribution in [2.24, 2.45) is 0 Å². The first-order chi connectivity index (χ1) is 14.6. The molecule has 150 valence electrons. The number of nitrogens with one attached hydrogen (secondary N) is 1. The van der Waals surface area contributed by atoms with Gasteiger partial charge in [-0.25, -0.2) is 4.79 Å². The van der Waals surface area contributed by atoms with Crippen molar-refractivity contribution in [1.29, 1.82) is 0 Å². The Kier molecular flexibility index (Phi) is 5.43. The molecule has 4 rings (SSSR count). The highest BCUT2D eigenvalue weighted by atomic mass is 16.5. The Balaban J connectivity index is 1.41. The fraction of sp³-hybridized carbons (Fsp3) is 0.0870. The first-order valence-corrected chi connectivity index (χ1v) is 9.29. The van der Waals surface area contributed by atoms with E-state index in [0.717, 1.165) is 0 Å². The van der Waals surface area contributed by atoms with E-state index in [-0.39, 0.29) is 18.0 Å². The van der Waals surface area contributed by atoms with Crippen LogP contribution >= 0.6 is 0 Å². The average molecular weight is 402 g/mol. The second-order valence-corrected chi connectivity index (χ2v) is 6.56. The number of hydrogen-bond acceptors (Lipinski definition) is 5. The molecule has 0 spiro atoms. The molecule has 0 unspecified atom stereocenters. The third kappa shape index (κ3) is 4.30. The van der Waals surface area contributed by atoms with Crippen LogP contribution in [-0.2, 0) is 14.3 Å². The number of rotatable bonds is 5. The smallest absolute Gasteiger partial charge is 0.338 e. The van der Waals surface area contributed by atoms with Gasteiger partial charge >= 0.3 is 5.97 Å². The predicted molar refractivity (Wildman–Crippen MR) is 111 cm³/mol. The number of fused-ring (bicyclic) bond motifs is 1. The van der Waals surface area contributed by atoms with Crippen LogP contribution in [0.25, 0.3) is 0 Å². The van der Waals surface area contributed by atoms with Crippen LogP contribution in [0.2, 0.25) is 0 Å². The molecule has 3 aromatic rings. The van der Waals surface area contributed by atoms with E-state index in [9.17, 15) is 14.4 Å². The second kappa shape index (κ2) is 8.48. The lowest BCUT2D eigenvalue weighted by Crippen LogP contribution is -2.44. The standard InChI is InChI=1S/C23H18N2O5/c26-21-14-25(20-12-5-4-11-19(20)24-21)22(27)15-29-23(28)16-7-6-10-18(13-16)30-17-8-2-1-3-9-17/h1-13H,14-15H2,(H,24,26). The fourth-order valence-electron chi connectivity index (χ4n) is 3.06. The van der Waals surface area contributed by atoms with Crippen LogP contribution in [0.3, 0.4) is 0 Å². The Morgan fingerprint density at radius 1 is 0.900 bits per heavy atom. The summed E-state index contributed by atoms with van der Waals surface area (Å²) in [6.07, 6.45) is 0. The molecule has 7 heteroatoms. The van der Waals surface area contributed by atoms with Gasteiger partial charge in [-0.1, -0.05) is 36.4 Å². The fourth-order valence-corrected chi connectivity index (χ4v) is 3.06. The van der Waals surface area contributed by atoms with Crippen LogP contribution in [0.1, 0.15) is 10.4 Å². The molecule has 0 fully saturated rings. The van der Waals surface area contributed by atoms with Gasteiger partial charge < -0.3 is 14.8 Å². The van der Waals surface area contributed by atoms with Gasteiger partial charge in [0.05, 0.1) is 16.9 Å². The quantitative estimate of drug-likeness (QED) is 0.659. The van der Waals surface area contributed by atoms with E-state index >= 15 is 0 Å². The van der Waals surface area contributed by atoms with Crippen LogP contribution in [0.15, 0.2) is 78.9 Å². The molecule has 0 bridgehead atoms. The molecule has 1 heterocycles. The second-order valence-electron chi connectivity index (χ2n) is 6.56. The van der Waals surface area contributed by atoms with Crippen molar-refractivity contribution in [3.05, 3.63) is 84.4 Å². The summed E-state index contributed by atoms with van der Waals surface area (Å²) in [6.45, 7) is -0.613. The Morgan fingerprint density at radius 2 is 1.63 bits per heavy atom. The van der Waals surface area contributed by atoms with Gasteiger partial charge in [0, 0.05) is 0 Å². The monoisotopic (exact) mass is 402 g/mol. The highest BCUT2D eigenvalue weighted by Gasteiger charge is 2.27. The summed E-state index contributed by atoms with van der Waals surface area (Å²) in [4.78, 5) is 38.2.